The summed E-state index contributed by atoms with van der Waals surface area (Å²) >= 11 is 10.6. The second kappa shape index (κ2) is 4.88. The Morgan fingerprint density at radius 1 is 1.41 bits per heavy atom. The van der Waals surface area contributed by atoms with Crippen LogP contribution in [0.5, 0.6) is 0 Å². The smallest absolute Gasteiger partial charge is 0.191 e. The highest BCUT2D eigenvalue weighted by atomic mass is 79.9. The molecule has 0 saturated carbocycles. The number of aromatic nitrogens is 3. The number of nitrogens with zero attached hydrogens (tertiary/aromatic N) is 3. The molecule has 7 heteroatoms. The van der Waals surface area contributed by atoms with Crippen LogP contribution < -0.4 is 5.73 Å². The summed E-state index contributed by atoms with van der Waals surface area (Å²) in [7, 11) is 0. The second-order valence-corrected chi connectivity index (χ2v) is 6.21. The predicted octanol–water partition coefficient (Wildman–Crippen LogP) is 3.72. The summed E-state index contributed by atoms with van der Waals surface area (Å²) in [6.45, 7) is 4.09. The molecule has 0 saturated heterocycles. The minimum Gasteiger partial charge on any atom is -0.383 e. The number of halogens is 2. The monoisotopic (exact) mass is 332 g/mol. The fourth-order valence-electron chi connectivity index (χ4n) is 1.32. The molecule has 2 rings (SSSR count). The van der Waals surface area contributed by atoms with E-state index < -0.39 is 0 Å². The quantitative estimate of drug-likeness (QED) is 0.909. The van der Waals surface area contributed by atoms with Crippen molar-refractivity contribution < 1.29 is 0 Å². The summed E-state index contributed by atoms with van der Waals surface area (Å²) in [5.74, 6) is 1.19. The normalized spacial score (nSPS) is 11.1. The molecule has 0 aliphatic carbocycles. The van der Waals surface area contributed by atoms with Gasteiger partial charge >= 0.3 is 0 Å². The first-order valence-electron chi connectivity index (χ1n) is 4.93. The van der Waals surface area contributed by atoms with Crippen molar-refractivity contribution in [1.82, 2.24) is 15.0 Å². The average Bonchev–Trinajstić information content (AvgIpc) is 2.68. The molecule has 0 unspecified atom stereocenters. The van der Waals surface area contributed by atoms with Crippen molar-refractivity contribution in [3.8, 4) is 10.8 Å². The average molecular weight is 334 g/mol. The lowest BCUT2D eigenvalue weighted by Gasteiger charge is -2.10. The van der Waals surface area contributed by atoms with Gasteiger partial charge in [-0.1, -0.05) is 36.8 Å². The molecular weight excluding hydrogens is 324 g/mol. The summed E-state index contributed by atoms with van der Waals surface area (Å²) in [6.07, 6.45) is 1.58. The van der Waals surface area contributed by atoms with Crippen molar-refractivity contribution in [1.29, 1.82) is 0 Å². The van der Waals surface area contributed by atoms with Crippen molar-refractivity contribution in [2.24, 2.45) is 0 Å². The van der Waals surface area contributed by atoms with E-state index in [-0.39, 0.29) is 5.92 Å². The molecule has 0 spiro atoms. The van der Waals surface area contributed by atoms with E-state index in [1.807, 2.05) is 13.8 Å². The third-order valence-corrected chi connectivity index (χ3v) is 4.04. The Balaban J connectivity index is 2.56. The Hall–Kier alpha value is -0.720. The van der Waals surface area contributed by atoms with Crippen LogP contribution in [-0.2, 0) is 0 Å². The summed E-state index contributed by atoms with van der Waals surface area (Å²) < 4.78 is 1.36. The first-order chi connectivity index (χ1) is 7.99. The number of thiazole rings is 1. The predicted molar refractivity (Wildman–Crippen MR) is 74.4 cm³/mol. The Morgan fingerprint density at radius 2 is 2.12 bits per heavy atom. The number of anilines is 1. The Bertz CT molecular complexity index is 555. The second-order valence-electron chi connectivity index (χ2n) is 3.76. The number of hydrogen-bond acceptors (Lipinski definition) is 5. The lowest BCUT2D eigenvalue weighted by molar-refractivity contribution is 0.811. The van der Waals surface area contributed by atoms with Crippen molar-refractivity contribution in [3.05, 3.63) is 20.7 Å². The third-order valence-electron chi connectivity index (χ3n) is 2.12. The van der Waals surface area contributed by atoms with Crippen LogP contribution in [0.2, 0.25) is 4.34 Å². The lowest BCUT2D eigenvalue weighted by Crippen LogP contribution is -2.04. The molecule has 2 N–H and O–H groups in total. The minimum atomic E-state index is 0.254. The molecule has 0 aliphatic rings. The fraction of sp³-hybridized carbons (Fsp3) is 0.300. The fourth-order valence-corrected chi connectivity index (χ4v) is 2.80. The molecule has 0 atom stereocenters. The summed E-state index contributed by atoms with van der Waals surface area (Å²) in [5.41, 5.74) is 6.72. The molecule has 4 nitrogen and oxygen atoms in total. The van der Waals surface area contributed by atoms with Crippen LogP contribution in [0.1, 0.15) is 25.5 Å². The van der Waals surface area contributed by atoms with Gasteiger partial charge in [-0.05, 0) is 21.8 Å². The molecule has 2 heterocycles. The van der Waals surface area contributed by atoms with Gasteiger partial charge in [0.05, 0.1) is 16.4 Å². The molecule has 2 aromatic rings. The number of hydrogen-bond donors (Lipinski definition) is 1. The van der Waals surface area contributed by atoms with E-state index >= 15 is 0 Å². The molecule has 0 amide bonds. The van der Waals surface area contributed by atoms with Gasteiger partial charge in [-0.2, -0.15) is 0 Å². The van der Waals surface area contributed by atoms with Crippen LogP contribution >= 0.6 is 38.9 Å². The van der Waals surface area contributed by atoms with Gasteiger partial charge in [0.1, 0.15) is 10.2 Å². The van der Waals surface area contributed by atoms with Crippen LogP contribution in [0, 0.1) is 0 Å². The van der Waals surface area contributed by atoms with Gasteiger partial charge in [0.15, 0.2) is 10.8 Å². The van der Waals surface area contributed by atoms with Crippen LogP contribution in [-0.4, -0.2) is 15.0 Å². The summed E-state index contributed by atoms with van der Waals surface area (Å²) in [5, 5.41) is 0.677. The zero-order valence-electron chi connectivity index (χ0n) is 9.24. The molecule has 0 fully saturated rings. The molecule has 0 radical (unpaired) electrons. The molecule has 2 aromatic heterocycles. The van der Waals surface area contributed by atoms with Crippen LogP contribution in [0.4, 0.5) is 5.82 Å². The van der Waals surface area contributed by atoms with Gasteiger partial charge in [-0.25, -0.2) is 15.0 Å². The Morgan fingerprint density at radius 3 is 2.65 bits per heavy atom. The van der Waals surface area contributed by atoms with E-state index in [1.165, 1.54) is 11.3 Å². The Labute approximate surface area is 116 Å². The van der Waals surface area contributed by atoms with Crippen LogP contribution in [0.15, 0.2) is 10.7 Å². The van der Waals surface area contributed by atoms with Gasteiger partial charge in [-0.3, -0.25) is 0 Å². The van der Waals surface area contributed by atoms with E-state index in [2.05, 4.69) is 30.9 Å². The van der Waals surface area contributed by atoms with Crippen LogP contribution in [0.25, 0.3) is 10.8 Å². The molecule has 17 heavy (non-hydrogen) atoms. The van der Waals surface area contributed by atoms with Crippen molar-refractivity contribution in [2.75, 3.05) is 5.73 Å². The van der Waals surface area contributed by atoms with Gasteiger partial charge < -0.3 is 5.73 Å². The van der Waals surface area contributed by atoms with Gasteiger partial charge in [0, 0.05) is 0 Å². The highest BCUT2D eigenvalue weighted by Gasteiger charge is 2.15. The van der Waals surface area contributed by atoms with Crippen molar-refractivity contribution in [2.45, 2.75) is 19.8 Å². The molecule has 0 bridgehead atoms. The molecule has 0 aliphatic heterocycles. The number of nitrogens with two attached hydrogens (primary N) is 1. The van der Waals surface area contributed by atoms with E-state index in [0.29, 0.717) is 21.0 Å². The maximum atomic E-state index is 5.85. The first-order valence-corrected chi connectivity index (χ1v) is 6.92. The van der Waals surface area contributed by atoms with Crippen LogP contribution in [0.3, 0.4) is 0 Å². The highest BCUT2D eigenvalue weighted by molar-refractivity contribution is 9.10. The van der Waals surface area contributed by atoms with Crippen molar-refractivity contribution >= 4 is 44.7 Å². The maximum Gasteiger partial charge on any atom is 0.191 e. The lowest BCUT2D eigenvalue weighted by atomic mass is 10.1. The summed E-state index contributed by atoms with van der Waals surface area (Å²) in [4.78, 5) is 12.8. The Kier molecular flexibility index (Phi) is 3.65. The van der Waals surface area contributed by atoms with E-state index in [1.54, 1.807) is 6.20 Å². The third kappa shape index (κ3) is 2.59. The summed E-state index contributed by atoms with van der Waals surface area (Å²) in [6, 6.07) is 0. The number of nitrogen functional groups attached to an aromatic ring is 1. The largest absolute Gasteiger partial charge is 0.383 e. The zero-order chi connectivity index (χ0) is 12.6. The van der Waals surface area contributed by atoms with E-state index in [0.717, 1.165) is 10.2 Å². The number of rotatable bonds is 2. The van der Waals surface area contributed by atoms with Crippen molar-refractivity contribution in [3.63, 3.8) is 0 Å². The van der Waals surface area contributed by atoms with Gasteiger partial charge in [0.25, 0.3) is 0 Å². The van der Waals surface area contributed by atoms with E-state index in [9.17, 15) is 0 Å². The van der Waals surface area contributed by atoms with E-state index in [4.69, 9.17) is 17.3 Å². The topological polar surface area (TPSA) is 64.7 Å². The SMILES string of the molecule is CC(C)c1nc(-c2ncc(Cl)s2)nc(N)c1Br. The van der Waals surface area contributed by atoms with Gasteiger partial charge in [-0.15, -0.1) is 0 Å². The first kappa shape index (κ1) is 12.7. The molecule has 90 valence electrons. The molecule has 0 aromatic carbocycles. The molecular formula is C10H10BrClN4S. The highest BCUT2D eigenvalue weighted by Crippen LogP contribution is 2.32. The maximum absolute atomic E-state index is 5.85. The van der Waals surface area contributed by atoms with Gasteiger partial charge in [0.2, 0.25) is 0 Å². The standard InChI is InChI=1S/C10H10BrClN4S/c1-4(2)7-6(11)8(13)16-9(15-7)10-14-3-5(12)17-10/h3-4H,1-2H3,(H2,13,15,16). The zero-order valence-corrected chi connectivity index (χ0v) is 12.4. The minimum absolute atomic E-state index is 0.254.